The molecule has 1 rings (SSSR count). The number of hydrogen-bond donors (Lipinski definition) is 1. The summed E-state index contributed by atoms with van der Waals surface area (Å²) in [6.45, 7) is 1.38. The highest BCUT2D eigenvalue weighted by atomic mass is 79.9. The third-order valence-corrected chi connectivity index (χ3v) is 2.19. The van der Waals surface area contributed by atoms with Crippen molar-refractivity contribution in [3.8, 4) is 5.75 Å². The Morgan fingerprint density at radius 2 is 2.29 bits per heavy atom. The molecule has 1 atom stereocenters. The molecule has 1 N–H and O–H groups in total. The fourth-order valence-electron chi connectivity index (χ4n) is 0.805. The van der Waals surface area contributed by atoms with Crippen LogP contribution in [-0.4, -0.2) is 17.2 Å². The van der Waals surface area contributed by atoms with Crippen LogP contribution in [0.25, 0.3) is 0 Å². The van der Waals surface area contributed by atoms with Gasteiger partial charge in [0.15, 0.2) is 6.10 Å². The molecule has 0 radical (unpaired) electrons. The van der Waals surface area contributed by atoms with E-state index in [9.17, 15) is 9.18 Å². The van der Waals surface area contributed by atoms with E-state index in [1.165, 1.54) is 19.1 Å². The molecule has 1 aromatic carbocycles. The highest BCUT2D eigenvalue weighted by Crippen LogP contribution is 2.21. The average molecular weight is 263 g/mol. The van der Waals surface area contributed by atoms with Crippen LogP contribution in [0.5, 0.6) is 5.75 Å². The largest absolute Gasteiger partial charge is 0.479 e. The summed E-state index contributed by atoms with van der Waals surface area (Å²) in [6.07, 6.45) is -0.990. The highest BCUT2D eigenvalue weighted by molar-refractivity contribution is 9.10. The Kier molecular flexibility index (Phi) is 3.46. The van der Waals surface area contributed by atoms with Crippen molar-refractivity contribution in [2.75, 3.05) is 0 Å². The summed E-state index contributed by atoms with van der Waals surface area (Å²) in [6, 6.07) is 4.08. The van der Waals surface area contributed by atoms with Crippen LogP contribution >= 0.6 is 15.9 Å². The van der Waals surface area contributed by atoms with E-state index in [0.717, 1.165) is 6.07 Å². The van der Waals surface area contributed by atoms with Crippen LogP contribution in [0.4, 0.5) is 4.39 Å². The summed E-state index contributed by atoms with van der Waals surface area (Å²) in [5.74, 6) is -1.38. The van der Waals surface area contributed by atoms with E-state index in [4.69, 9.17) is 9.84 Å². The molecular formula is C9H8BrFO3. The van der Waals surface area contributed by atoms with Gasteiger partial charge in [-0.2, -0.15) is 0 Å². The maximum absolute atomic E-state index is 13.0. The average Bonchev–Trinajstić information content (AvgIpc) is 2.11. The number of benzene rings is 1. The maximum Gasteiger partial charge on any atom is 0.344 e. The van der Waals surface area contributed by atoms with Crippen LogP contribution in [0.15, 0.2) is 22.7 Å². The van der Waals surface area contributed by atoms with Crippen molar-refractivity contribution < 1.29 is 19.0 Å². The highest BCUT2D eigenvalue weighted by Gasteiger charge is 2.12. The SMILES string of the molecule is C[C@@H](Oc1ccc(Br)c(F)c1)C(=O)O. The second-order valence-corrected chi connectivity index (χ2v) is 3.53. The predicted molar refractivity (Wildman–Crippen MR) is 51.8 cm³/mol. The maximum atomic E-state index is 13.0. The Bertz CT molecular complexity index is 354. The Labute approximate surface area is 88.6 Å². The van der Waals surface area contributed by atoms with Gasteiger partial charge in [0, 0.05) is 6.07 Å². The van der Waals surface area contributed by atoms with E-state index in [1.54, 1.807) is 0 Å². The minimum Gasteiger partial charge on any atom is -0.479 e. The normalized spacial score (nSPS) is 12.2. The zero-order chi connectivity index (χ0) is 10.7. The number of halogens is 2. The minimum absolute atomic E-state index is 0.195. The van der Waals surface area contributed by atoms with Gasteiger partial charge in [-0.1, -0.05) is 0 Å². The molecule has 0 bridgehead atoms. The van der Waals surface area contributed by atoms with Gasteiger partial charge in [0.25, 0.3) is 0 Å². The number of hydrogen-bond acceptors (Lipinski definition) is 2. The Morgan fingerprint density at radius 1 is 1.64 bits per heavy atom. The van der Waals surface area contributed by atoms with Crippen molar-refractivity contribution in [3.63, 3.8) is 0 Å². The second-order valence-electron chi connectivity index (χ2n) is 2.67. The first-order valence-electron chi connectivity index (χ1n) is 3.85. The Hall–Kier alpha value is -1.10. The first-order chi connectivity index (χ1) is 6.50. The van der Waals surface area contributed by atoms with Crippen molar-refractivity contribution in [1.29, 1.82) is 0 Å². The fraction of sp³-hybridized carbons (Fsp3) is 0.222. The van der Waals surface area contributed by atoms with Gasteiger partial charge in [-0.05, 0) is 35.0 Å². The molecule has 0 spiro atoms. The minimum atomic E-state index is -1.09. The van der Waals surface area contributed by atoms with Gasteiger partial charge in [0.05, 0.1) is 4.47 Å². The third kappa shape index (κ3) is 2.70. The quantitative estimate of drug-likeness (QED) is 0.910. The lowest BCUT2D eigenvalue weighted by Crippen LogP contribution is -2.22. The van der Waals surface area contributed by atoms with Crippen LogP contribution in [0, 0.1) is 5.82 Å². The smallest absolute Gasteiger partial charge is 0.344 e. The summed E-state index contributed by atoms with van der Waals surface area (Å²) < 4.78 is 18.2. The van der Waals surface area contributed by atoms with Crippen LogP contribution in [-0.2, 0) is 4.79 Å². The molecule has 0 aliphatic rings. The molecule has 0 heterocycles. The number of aliphatic carboxylic acids is 1. The molecule has 0 saturated carbocycles. The molecule has 3 nitrogen and oxygen atoms in total. The van der Waals surface area contributed by atoms with E-state index in [0.29, 0.717) is 4.47 Å². The summed E-state index contributed by atoms with van der Waals surface area (Å²) in [4.78, 5) is 10.4. The lowest BCUT2D eigenvalue weighted by atomic mass is 10.3. The summed E-state index contributed by atoms with van der Waals surface area (Å²) in [5.41, 5.74) is 0. The number of carbonyl (C=O) groups is 1. The molecule has 0 fully saturated rings. The Morgan fingerprint density at radius 3 is 2.79 bits per heavy atom. The first-order valence-corrected chi connectivity index (χ1v) is 4.64. The zero-order valence-corrected chi connectivity index (χ0v) is 8.92. The number of carboxylic acid groups (broad SMARTS) is 1. The van der Waals surface area contributed by atoms with Crippen LogP contribution < -0.4 is 4.74 Å². The van der Waals surface area contributed by atoms with Gasteiger partial charge in [-0.25, -0.2) is 9.18 Å². The molecule has 76 valence electrons. The second kappa shape index (κ2) is 4.41. The Balaban J connectivity index is 2.78. The van der Waals surface area contributed by atoms with E-state index < -0.39 is 17.9 Å². The van der Waals surface area contributed by atoms with Crippen molar-refractivity contribution in [2.24, 2.45) is 0 Å². The summed E-state index contributed by atoms with van der Waals surface area (Å²) >= 11 is 2.98. The van der Waals surface area contributed by atoms with Crippen molar-refractivity contribution in [2.45, 2.75) is 13.0 Å². The number of carboxylic acids is 1. The van der Waals surface area contributed by atoms with E-state index in [1.807, 2.05) is 0 Å². The first kappa shape index (κ1) is 11.0. The summed E-state index contributed by atoms with van der Waals surface area (Å²) in [7, 11) is 0. The molecule has 0 unspecified atom stereocenters. The molecule has 0 aromatic heterocycles. The standard InChI is InChI=1S/C9H8BrFO3/c1-5(9(12)13)14-6-2-3-7(10)8(11)4-6/h2-5H,1H3,(H,12,13)/t5-/m1/s1. The summed E-state index contributed by atoms with van der Waals surface area (Å²) in [5, 5.41) is 8.54. The topological polar surface area (TPSA) is 46.5 Å². The molecule has 1 aromatic rings. The van der Waals surface area contributed by atoms with Gasteiger partial charge in [0.1, 0.15) is 11.6 Å². The molecule has 0 aliphatic carbocycles. The number of rotatable bonds is 3. The van der Waals surface area contributed by atoms with E-state index >= 15 is 0 Å². The van der Waals surface area contributed by atoms with Crippen LogP contribution in [0.2, 0.25) is 0 Å². The molecule has 0 amide bonds. The fourth-order valence-corrected chi connectivity index (χ4v) is 1.05. The number of ether oxygens (including phenoxy) is 1. The molecule has 0 aliphatic heterocycles. The predicted octanol–water partition coefficient (Wildman–Crippen LogP) is 2.44. The lowest BCUT2D eigenvalue weighted by molar-refractivity contribution is -0.144. The molecule has 14 heavy (non-hydrogen) atoms. The zero-order valence-electron chi connectivity index (χ0n) is 7.33. The van der Waals surface area contributed by atoms with Gasteiger partial charge < -0.3 is 9.84 Å². The lowest BCUT2D eigenvalue weighted by Gasteiger charge is -2.10. The van der Waals surface area contributed by atoms with Crippen molar-refractivity contribution in [3.05, 3.63) is 28.5 Å². The molecular weight excluding hydrogens is 255 g/mol. The van der Waals surface area contributed by atoms with E-state index in [-0.39, 0.29) is 5.75 Å². The monoisotopic (exact) mass is 262 g/mol. The van der Waals surface area contributed by atoms with Gasteiger partial charge in [-0.15, -0.1) is 0 Å². The van der Waals surface area contributed by atoms with Gasteiger partial charge in [-0.3, -0.25) is 0 Å². The van der Waals surface area contributed by atoms with Crippen molar-refractivity contribution in [1.82, 2.24) is 0 Å². The van der Waals surface area contributed by atoms with Crippen LogP contribution in [0.1, 0.15) is 6.92 Å². The van der Waals surface area contributed by atoms with E-state index in [2.05, 4.69) is 15.9 Å². The molecule has 5 heteroatoms. The van der Waals surface area contributed by atoms with Gasteiger partial charge in [0.2, 0.25) is 0 Å². The van der Waals surface area contributed by atoms with Crippen LogP contribution in [0.3, 0.4) is 0 Å². The third-order valence-electron chi connectivity index (χ3n) is 1.55. The van der Waals surface area contributed by atoms with Crippen molar-refractivity contribution >= 4 is 21.9 Å². The molecule has 0 saturated heterocycles. The van der Waals surface area contributed by atoms with Gasteiger partial charge >= 0.3 is 5.97 Å².